The number of rotatable bonds is 5. The number of hydrogen-bond acceptors (Lipinski definition) is 5. The van der Waals surface area contributed by atoms with Crippen molar-refractivity contribution in [2.24, 2.45) is 5.73 Å². The van der Waals surface area contributed by atoms with Gasteiger partial charge >= 0.3 is 5.97 Å². The Bertz CT molecular complexity index is 594. The van der Waals surface area contributed by atoms with E-state index < -0.39 is 5.97 Å². The lowest BCUT2D eigenvalue weighted by Crippen LogP contribution is -2.08. The lowest BCUT2D eigenvalue weighted by molar-refractivity contribution is 0.0697. The third-order valence-corrected chi connectivity index (χ3v) is 2.66. The summed E-state index contributed by atoms with van der Waals surface area (Å²) >= 11 is 0. The number of carboxylic acids is 1. The molecular formula is C12H14N4O3. The smallest absolute Gasteiger partial charge is 0.335 e. The predicted molar refractivity (Wildman–Crippen MR) is 66.9 cm³/mol. The Labute approximate surface area is 109 Å². The summed E-state index contributed by atoms with van der Waals surface area (Å²) < 4.78 is 6.64. The topological polar surface area (TPSA) is 103 Å². The number of benzene rings is 1. The van der Waals surface area contributed by atoms with Crippen molar-refractivity contribution in [2.75, 3.05) is 7.11 Å². The van der Waals surface area contributed by atoms with Crippen molar-refractivity contribution >= 4 is 5.97 Å². The van der Waals surface area contributed by atoms with E-state index in [1.807, 2.05) is 0 Å². The van der Waals surface area contributed by atoms with Crippen LogP contribution >= 0.6 is 0 Å². The molecule has 1 aromatic carbocycles. The number of nitrogens with two attached hydrogens (primary N) is 1. The molecule has 100 valence electrons. The molecule has 0 saturated carbocycles. The van der Waals surface area contributed by atoms with Gasteiger partial charge in [0.1, 0.15) is 5.69 Å². The van der Waals surface area contributed by atoms with Crippen molar-refractivity contribution in [2.45, 2.75) is 13.2 Å². The zero-order valence-electron chi connectivity index (χ0n) is 10.4. The molecule has 0 aliphatic carbocycles. The zero-order valence-corrected chi connectivity index (χ0v) is 10.4. The normalized spacial score (nSPS) is 10.6. The third-order valence-electron chi connectivity index (χ3n) is 2.66. The SMILES string of the molecule is COCc1c(CN)nnn1-c1cccc(C(=O)O)c1. The Kier molecular flexibility index (Phi) is 3.88. The molecule has 0 amide bonds. The molecule has 0 fully saturated rings. The van der Waals surface area contributed by atoms with E-state index in [0.717, 1.165) is 0 Å². The predicted octanol–water partition coefficient (Wildman–Crippen LogP) is 0.571. The lowest BCUT2D eigenvalue weighted by atomic mass is 10.2. The Morgan fingerprint density at radius 3 is 2.95 bits per heavy atom. The van der Waals surface area contributed by atoms with Gasteiger partial charge in [0.15, 0.2) is 0 Å². The molecule has 0 unspecified atom stereocenters. The molecule has 19 heavy (non-hydrogen) atoms. The monoisotopic (exact) mass is 262 g/mol. The van der Waals surface area contributed by atoms with E-state index >= 15 is 0 Å². The largest absolute Gasteiger partial charge is 0.478 e. The fraction of sp³-hybridized carbons (Fsp3) is 0.250. The lowest BCUT2D eigenvalue weighted by Gasteiger charge is -2.07. The highest BCUT2D eigenvalue weighted by Crippen LogP contribution is 2.15. The van der Waals surface area contributed by atoms with Crippen LogP contribution in [0.5, 0.6) is 0 Å². The fourth-order valence-electron chi connectivity index (χ4n) is 1.75. The highest BCUT2D eigenvalue weighted by molar-refractivity contribution is 5.88. The maximum absolute atomic E-state index is 11.0. The van der Waals surface area contributed by atoms with Crippen LogP contribution in [0.25, 0.3) is 5.69 Å². The van der Waals surface area contributed by atoms with Gasteiger partial charge < -0.3 is 15.6 Å². The van der Waals surface area contributed by atoms with E-state index in [9.17, 15) is 4.79 Å². The van der Waals surface area contributed by atoms with Crippen LogP contribution < -0.4 is 5.73 Å². The van der Waals surface area contributed by atoms with Crippen LogP contribution in [0.4, 0.5) is 0 Å². The summed E-state index contributed by atoms with van der Waals surface area (Å²) in [6.07, 6.45) is 0. The Morgan fingerprint density at radius 2 is 2.32 bits per heavy atom. The Morgan fingerprint density at radius 1 is 1.53 bits per heavy atom. The number of methoxy groups -OCH3 is 1. The summed E-state index contributed by atoms with van der Waals surface area (Å²) in [6, 6.07) is 6.44. The standard InChI is InChI=1S/C12H14N4O3/c1-19-7-11-10(6-13)14-15-16(11)9-4-2-3-8(5-9)12(17)18/h2-5H,6-7,13H2,1H3,(H,17,18). The zero-order chi connectivity index (χ0) is 13.8. The number of carboxylic acid groups (broad SMARTS) is 1. The third kappa shape index (κ3) is 2.61. The maximum Gasteiger partial charge on any atom is 0.335 e. The van der Waals surface area contributed by atoms with Gasteiger partial charge in [-0.1, -0.05) is 11.3 Å². The number of hydrogen-bond donors (Lipinski definition) is 2. The first-order valence-corrected chi connectivity index (χ1v) is 5.63. The minimum atomic E-state index is -0.991. The number of aromatic nitrogens is 3. The summed E-state index contributed by atoms with van der Waals surface area (Å²) in [5.41, 5.74) is 7.72. The minimum absolute atomic E-state index is 0.186. The summed E-state index contributed by atoms with van der Waals surface area (Å²) in [4.78, 5) is 11.0. The second kappa shape index (κ2) is 5.59. The molecule has 0 saturated heterocycles. The molecule has 3 N–H and O–H groups in total. The van der Waals surface area contributed by atoms with E-state index in [0.29, 0.717) is 23.7 Å². The number of ether oxygens (including phenoxy) is 1. The molecule has 1 aromatic heterocycles. The summed E-state index contributed by atoms with van der Waals surface area (Å²) in [5.74, 6) is -0.991. The summed E-state index contributed by atoms with van der Waals surface area (Å²) in [5, 5.41) is 16.9. The van der Waals surface area contributed by atoms with Crippen molar-refractivity contribution in [1.29, 1.82) is 0 Å². The van der Waals surface area contributed by atoms with Gasteiger partial charge in [-0.2, -0.15) is 0 Å². The van der Waals surface area contributed by atoms with Crippen molar-refractivity contribution in [3.63, 3.8) is 0 Å². The van der Waals surface area contributed by atoms with E-state index in [-0.39, 0.29) is 12.1 Å². The second-order valence-corrected chi connectivity index (χ2v) is 3.89. The highest BCUT2D eigenvalue weighted by Gasteiger charge is 2.14. The quantitative estimate of drug-likeness (QED) is 0.816. The van der Waals surface area contributed by atoms with E-state index in [2.05, 4.69) is 10.3 Å². The molecule has 2 rings (SSSR count). The molecule has 0 spiro atoms. The van der Waals surface area contributed by atoms with Crippen molar-refractivity contribution in [3.8, 4) is 5.69 Å². The van der Waals surface area contributed by atoms with E-state index in [1.165, 1.54) is 16.8 Å². The van der Waals surface area contributed by atoms with Gasteiger partial charge in [0.05, 0.1) is 23.6 Å². The van der Waals surface area contributed by atoms with Crippen molar-refractivity contribution < 1.29 is 14.6 Å². The molecule has 2 aromatic rings. The average molecular weight is 262 g/mol. The van der Waals surface area contributed by atoms with Gasteiger partial charge in [0.2, 0.25) is 0 Å². The molecule has 7 nitrogen and oxygen atoms in total. The Hall–Kier alpha value is -2.25. The molecule has 0 aliphatic heterocycles. The molecular weight excluding hydrogens is 248 g/mol. The fourth-order valence-corrected chi connectivity index (χ4v) is 1.75. The maximum atomic E-state index is 11.0. The van der Waals surface area contributed by atoms with Gasteiger partial charge in [-0.3, -0.25) is 0 Å². The first-order valence-electron chi connectivity index (χ1n) is 5.63. The number of aromatic carboxylic acids is 1. The summed E-state index contributed by atoms with van der Waals surface area (Å²) in [6.45, 7) is 0.550. The van der Waals surface area contributed by atoms with E-state index in [1.54, 1.807) is 19.2 Å². The molecule has 0 bridgehead atoms. The van der Waals surface area contributed by atoms with Crippen LogP contribution in [-0.4, -0.2) is 33.2 Å². The molecule has 0 radical (unpaired) electrons. The molecule has 0 aliphatic rings. The second-order valence-electron chi connectivity index (χ2n) is 3.89. The van der Waals surface area contributed by atoms with Crippen LogP contribution in [0.2, 0.25) is 0 Å². The van der Waals surface area contributed by atoms with Gasteiger partial charge in [0.25, 0.3) is 0 Å². The van der Waals surface area contributed by atoms with Crippen LogP contribution in [0.15, 0.2) is 24.3 Å². The average Bonchev–Trinajstić information content (AvgIpc) is 2.82. The van der Waals surface area contributed by atoms with Crippen molar-refractivity contribution in [3.05, 3.63) is 41.2 Å². The van der Waals surface area contributed by atoms with Gasteiger partial charge in [-0.25, -0.2) is 9.48 Å². The number of nitrogens with zero attached hydrogens (tertiary/aromatic N) is 3. The molecule has 1 heterocycles. The highest BCUT2D eigenvalue weighted by atomic mass is 16.5. The Balaban J connectivity index is 2.49. The van der Waals surface area contributed by atoms with Gasteiger partial charge in [0, 0.05) is 13.7 Å². The van der Waals surface area contributed by atoms with E-state index in [4.69, 9.17) is 15.6 Å². The first-order chi connectivity index (χ1) is 9.17. The molecule has 7 heteroatoms. The summed E-state index contributed by atoms with van der Waals surface area (Å²) in [7, 11) is 1.56. The first kappa shape index (κ1) is 13.2. The minimum Gasteiger partial charge on any atom is -0.478 e. The van der Waals surface area contributed by atoms with Gasteiger partial charge in [-0.15, -0.1) is 5.10 Å². The number of carbonyl (C=O) groups is 1. The van der Waals surface area contributed by atoms with Gasteiger partial charge in [-0.05, 0) is 18.2 Å². The van der Waals surface area contributed by atoms with Crippen LogP contribution in [0.3, 0.4) is 0 Å². The van der Waals surface area contributed by atoms with Crippen molar-refractivity contribution in [1.82, 2.24) is 15.0 Å². The van der Waals surface area contributed by atoms with Crippen LogP contribution in [-0.2, 0) is 17.9 Å². The van der Waals surface area contributed by atoms with Crippen LogP contribution in [0, 0.1) is 0 Å². The molecule has 0 atom stereocenters. The van der Waals surface area contributed by atoms with Crippen LogP contribution in [0.1, 0.15) is 21.7 Å².